The van der Waals surface area contributed by atoms with E-state index in [1.807, 2.05) is 34.7 Å². The van der Waals surface area contributed by atoms with Crippen LogP contribution in [-0.2, 0) is 16.1 Å². The second-order valence-electron chi connectivity index (χ2n) is 6.70. The molecule has 0 bridgehead atoms. The van der Waals surface area contributed by atoms with Gasteiger partial charge in [-0.25, -0.2) is 4.68 Å². The lowest BCUT2D eigenvalue weighted by Crippen LogP contribution is -2.49. The fourth-order valence-electron chi connectivity index (χ4n) is 3.63. The van der Waals surface area contributed by atoms with Crippen LogP contribution in [0.3, 0.4) is 0 Å². The van der Waals surface area contributed by atoms with Crippen LogP contribution < -0.4 is 4.74 Å². The van der Waals surface area contributed by atoms with Crippen molar-refractivity contribution < 1.29 is 19.0 Å². The van der Waals surface area contributed by atoms with Gasteiger partial charge in [-0.2, -0.15) is 0 Å². The van der Waals surface area contributed by atoms with Gasteiger partial charge in [-0.15, -0.1) is 5.10 Å². The molecule has 0 spiro atoms. The molecule has 1 saturated heterocycles. The number of carbonyl (C=O) groups is 1. The first-order valence-electron chi connectivity index (χ1n) is 9.37. The predicted molar refractivity (Wildman–Crippen MR) is 96.6 cm³/mol. The first kappa shape index (κ1) is 17.9. The lowest BCUT2D eigenvalue weighted by atomic mass is 9.99. The van der Waals surface area contributed by atoms with Gasteiger partial charge in [-0.05, 0) is 31.5 Å². The number of ether oxygens (including phenoxy) is 3. The number of hydrogen-bond acceptors (Lipinski definition) is 6. The summed E-state index contributed by atoms with van der Waals surface area (Å²) in [6, 6.07) is 7.32. The fraction of sp³-hybridized carbons (Fsp3) is 0.526. The normalized spacial score (nSPS) is 21.4. The number of amides is 1. The summed E-state index contributed by atoms with van der Waals surface area (Å²) in [4.78, 5) is 14.9. The molecule has 0 radical (unpaired) electrons. The Hall–Kier alpha value is -2.45. The van der Waals surface area contributed by atoms with E-state index in [0.29, 0.717) is 50.8 Å². The van der Waals surface area contributed by atoms with Crippen LogP contribution in [0.25, 0.3) is 0 Å². The van der Waals surface area contributed by atoms with E-state index in [1.54, 1.807) is 12.3 Å². The summed E-state index contributed by atoms with van der Waals surface area (Å²) in [5, 5.41) is 8.17. The van der Waals surface area contributed by atoms with E-state index in [2.05, 4.69) is 10.3 Å². The zero-order valence-electron chi connectivity index (χ0n) is 15.4. The molecule has 2 atom stereocenters. The summed E-state index contributed by atoms with van der Waals surface area (Å²) in [5.41, 5.74) is 1.58. The van der Waals surface area contributed by atoms with Gasteiger partial charge in [0.25, 0.3) is 5.91 Å². The Morgan fingerprint density at radius 2 is 2.30 bits per heavy atom. The standard InChI is InChI=1S/C19H24N4O4/c1-2-25-8-9-26-16-5-3-4-14(10-16)19(24)22-7-6-18-17(12-22)23-15(13-27-18)11-20-21-23/h3-5,10-11,17-18H,2,6-9,12-13H2,1H3/t17-,18-/m1/s1. The third kappa shape index (κ3) is 3.81. The van der Waals surface area contributed by atoms with E-state index >= 15 is 0 Å². The Labute approximate surface area is 158 Å². The Kier molecular flexibility index (Phi) is 5.35. The highest BCUT2D eigenvalue weighted by Gasteiger charge is 2.38. The van der Waals surface area contributed by atoms with Gasteiger partial charge in [0.05, 0.1) is 37.3 Å². The third-order valence-corrected chi connectivity index (χ3v) is 5.00. The van der Waals surface area contributed by atoms with E-state index in [4.69, 9.17) is 14.2 Å². The van der Waals surface area contributed by atoms with Gasteiger partial charge >= 0.3 is 0 Å². The number of benzene rings is 1. The van der Waals surface area contributed by atoms with Gasteiger partial charge in [0.15, 0.2) is 0 Å². The molecule has 1 fully saturated rings. The molecule has 1 aromatic carbocycles. The maximum atomic E-state index is 13.0. The Balaban J connectivity index is 1.43. The van der Waals surface area contributed by atoms with Crippen molar-refractivity contribution in [2.45, 2.75) is 32.1 Å². The number of aromatic nitrogens is 3. The van der Waals surface area contributed by atoms with Crippen LogP contribution in [0.15, 0.2) is 30.5 Å². The minimum absolute atomic E-state index is 0.00375. The van der Waals surface area contributed by atoms with Crippen LogP contribution in [0.4, 0.5) is 0 Å². The van der Waals surface area contributed by atoms with Crippen molar-refractivity contribution in [3.05, 3.63) is 41.7 Å². The number of piperidine rings is 1. The molecule has 8 nitrogen and oxygen atoms in total. The maximum absolute atomic E-state index is 13.0. The van der Waals surface area contributed by atoms with Gasteiger partial charge in [0.2, 0.25) is 0 Å². The number of fused-ring (bicyclic) bond motifs is 3. The molecule has 1 aromatic heterocycles. The highest BCUT2D eigenvalue weighted by Crippen LogP contribution is 2.30. The summed E-state index contributed by atoms with van der Waals surface area (Å²) in [7, 11) is 0. The van der Waals surface area contributed by atoms with Gasteiger partial charge < -0.3 is 19.1 Å². The molecule has 1 amide bonds. The Morgan fingerprint density at radius 1 is 1.37 bits per heavy atom. The van der Waals surface area contributed by atoms with Crippen LogP contribution in [-0.4, -0.2) is 64.8 Å². The molecule has 8 heteroatoms. The largest absolute Gasteiger partial charge is 0.491 e. The number of carbonyl (C=O) groups excluding carboxylic acids is 1. The molecule has 2 aliphatic heterocycles. The number of nitrogens with zero attached hydrogens (tertiary/aromatic N) is 4. The van der Waals surface area contributed by atoms with E-state index < -0.39 is 0 Å². The van der Waals surface area contributed by atoms with E-state index in [-0.39, 0.29) is 18.1 Å². The highest BCUT2D eigenvalue weighted by atomic mass is 16.5. The molecule has 2 aliphatic rings. The molecule has 4 rings (SSSR count). The smallest absolute Gasteiger partial charge is 0.254 e. The second kappa shape index (κ2) is 8.06. The average Bonchev–Trinajstić information content (AvgIpc) is 3.20. The summed E-state index contributed by atoms with van der Waals surface area (Å²) >= 11 is 0. The Morgan fingerprint density at radius 3 is 3.19 bits per heavy atom. The molecular formula is C19H24N4O4. The molecule has 144 valence electrons. The van der Waals surface area contributed by atoms with Crippen LogP contribution in [0, 0.1) is 0 Å². The van der Waals surface area contributed by atoms with Gasteiger partial charge in [-0.1, -0.05) is 11.3 Å². The van der Waals surface area contributed by atoms with E-state index in [1.165, 1.54) is 0 Å². The first-order chi connectivity index (χ1) is 13.3. The SMILES string of the molecule is CCOCCOc1cccc(C(=O)N2CC[C@H]3OCc4cnnn4[C@@H]3C2)c1. The van der Waals surface area contributed by atoms with Gasteiger partial charge in [-0.3, -0.25) is 4.79 Å². The monoisotopic (exact) mass is 372 g/mol. The van der Waals surface area contributed by atoms with Gasteiger partial charge in [0, 0.05) is 25.3 Å². The van der Waals surface area contributed by atoms with E-state index in [9.17, 15) is 4.79 Å². The van der Waals surface area contributed by atoms with Crippen molar-refractivity contribution in [3.8, 4) is 5.75 Å². The number of rotatable bonds is 6. The van der Waals surface area contributed by atoms with Crippen LogP contribution in [0.5, 0.6) is 5.75 Å². The van der Waals surface area contributed by atoms with Crippen molar-refractivity contribution in [1.82, 2.24) is 19.9 Å². The number of hydrogen-bond donors (Lipinski definition) is 0. The minimum Gasteiger partial charge on any atom is -0.491 e. The summed E-state index contributed by atoms with van der Waals surface area (Å²) < 4.78 is 18.8. The van der Waals surface area contributed by atoms with Crippen molar-refractivity contribution in [2.75, 3.05) is 32.9 Å². The summed E-state index contributed by atoms with van der Waals surface area (Å²) in [6.07, 6.45) is 2.59. The highest BCUT2D eigenvalue weighted by molar-refractivity contribution is 5.94. The molecule has 2 aromatic rings. The average molecular weight is 372 g/mol. The van der Waals surface area contributed by atoms with E-state index in [0.717, 1.165) is 12.1 Å². The minimum atomic E-state index is -0.00375. The fourth-order valence-corrected chi connectivity index (χ4v) is 3.63. The molecule has 0 saturated carbocycles. The van der Waals surface area contributed by atoms with Crippen molar-refractivity contribution in [1.29, 1.82) is 0 Å². The quantitative estimate of drug-likeness (QED) is 0.718. The van der Waals surface area contributed by atoms with Crippen LogP contribution >= 0.6 is 0 Å². The maximum Gasteiger partial charge on any atom is 0.254 e. The molecule has 0 unspecified atom stereocenters. The first-order valence-corrected chi connectivity index (χ1v) is 9.37. The molecule has 0 N–H and O–H groups in total. The molecular weight excluding hydrogens is 348 g/mol. The van der Waals surface area contributed by atoms with Crippen LogP contribution in [0.1, 0.15) is 35.4 Å². The zero-order valence-corrected chi connectivity index (χ0v) is 15.4. The topological polar surface area (TPSA) is 78.7 Å². The lowest BCUT2D eigenvalue weighted by molar-refractivity contribution is -0.0605. The number of likely N-dealkylation sites (tertiary alicyclic amines) is 1. The molecule has 27 heavy (non-hydrogen) atoms. The van der Waals surface area contributed by atoms with Crippen LogP contribution in [0.2, 0.25) is 0 Å². The second-order valence-corrected chi connectivity index (χ2v) is 6.70. The van der Waals surface area contributed by atoms with Crippen molar-refractivity contribution >= 4 is 5.91 Å². The van der Waals surface area contributed by atoms with Crippen molar-refractivity contribution in [3.63, 3.8) is 0 Å². The zero-order chi connectivity index (χ0) is 18.6. The summed E-state index contributed by atoms with van der Waals surface area (Å²) in [5.74, 6) is 0.672. The Bertz CT molecular complexity index is 794. The molecule has 0 aliphatic carbocycles. The predicted octanol–water partition coefficient (Wildman–Crippen LogP) is 1.68. The third-order valence-electron chi connectivity index (χ3n) is 5.00. The lowest BCUT2D eigenvalue weighted by Gasteiger charge is -2.41. The molecule has 3 heterocycles. The summed E-state index contributed by atoms with van der Waals surface area (Å²) in [6.45, 7) is 5.37. The van der Waals surface area contributed by atoms with Gasteiger partial charge in [0.1, 0.15) is 12.4 Å². The van der Waals surface area contributed by atoms with Crippen molar-refractivity contribution in [2.24, 2.45) is 0 Å².